The van der Waals surface area contributed by atoms with Crippen LogP contribution in [-0.4, -0.2) is 54.5 Å². The highest BCUT2D eigenvalue weighted by Gasteiger charge is 2.47. The maximum atomic E-state index is 12.3. The third kappa shape index (κ3) is 3.08. The molecule has 94 valence electrons. The second-order valence-corrected chi connectivity index (χ2v) is 3.74. The summed E-state index contributed by atoms with van der Waals surface area (Å²) in [7, 11) is 1.17. The van der Waals surface area contributed by atoms with E-state index in [4.69, 9.17) is 5.11 Å². The van der Waals surface area contributed by atoms with E-state index in [0.717, 1.165) is 0 Å². The molecule has 0 aliphatic carbocycles. The van der Waals surface area contributed by atoms with Crippen molar-refractivity contribution < 1.29 is 27.8 Å². The number of alkyl halides is 3. The quantitative estimate of drug-likeness (QED) is 0.733. The summed E-state index contributed by atoms with van der Waals surface area (Å²) in [4.78, 5) is 12.3. The van der Waals surface area contributed by atoms with Gasteiger partial charge in [0.05, 0.1) is 13.7 Å². The number of hydrogen-bond donors (Lipinski definition) is 1. The second-order valence-electron chi connectivity index (χ2n) is 3.74. The van der Waals surface area contributed by atoms with E-state index >= 15 is 0 Å². The topological polar surface area (TPSA) is 49.8 Å². The van der Waals surface area contributed by atoms with Crippen molar-refractivity contribution in [2.45, 2.75) is 31.2 Å². The van der Waals surface area contributed by atoms with Crippen LogP contribution in [0.2, 0.25) is 0 Å². The minimum atomic E-state index is -4.65. The maximum Gasteiger partial charge on any atom is 0.415 e. The van der Waals surface area contributed by atoms with E-state index in [9.17, 15) is 18.0 Å². The van der Waals surface area contributed by atoms with Gasteiger partial charge in [-0.25, -0.2) is 0 Å². The molecule has 1 rings (SSSR count). The number of carbonyl (C=O) groups excluding carboxylic acids is 1. The van der Waals surface area contributed by atoms with Crippen molar-refractivity contribution in [1.82, 2.24) is 4.90 Å². The van der Waals surface area contributed by atoms with Crippen LogP contribution in [0.5, 0.6) is 0 Å². The van der Waals surface area contributed by atoms with Crippen molar-refractivity contribution >= 4 is 5.97 Å². The van der Waals surface area contributed by atoms with Crippen molar-refractivity contribution in [3.8, 4) is 0 Å². The fourth-order valence-corrected chi connectivity index (χ4v) is 1.85. The van der Waals surface area contributed by atoms with Crippen LogP contribution in [-0.2, 0) is 9.53 Å². The average Bonchev–Trinajstić information content (AvgIpc) is 2.63. The summed E-state index contributed by atoms with van der Waals surface area (Å²) in [6.45, 7) is 0.154. The monoisotopic (exact) mass is 241 g/mol. The number of aliphatic hydroxyl groups excluding tert-OH is 1. The van der Waals surface area contributed by atoms with Crippen molar-refractivity contribution in [2.24, 2.45) is 0 Å². The number of halogens is 3. The lowest BCUT2D eigenvalue weighted by molar-refractivity contribution is -0.219. The Labute approximate surface area is 91.0 Å². The summed E-state index contributed by atoms with van der Waals surface area (Å²) in [5.74, 6) is -0.596. The molecular weight excluding hydrogens is 227 g/mol. The molecule has 0 aromatic carbocycles. The largest absolute Gasteiger partial charge is 0.468 e. The molecule has 1 heterocycles. The number of rotatable bonds is 3. The molecule has 16 heavy (non-hydrogen) atoms. The van der Waals surface area contributed by atoms with Crippen molar-refractivity contribution in [2.75, 3.05) is 20.2 Å². The molecule has 1 saturated heterocycles. The Morgan fingerprint density at radius 2 is 2.25 bits per heavy atom. The molecule has 2 atom stereocenters. The lowest BCUT2D eigenvalue weighted by Gasteiger charge is -2.28. The van der Waals surface area contributed by atoms with E-state index in [1.54, 1.807) is 0 Å². The molecule has 0 spiro atoms. The number of carbonyl (C=O) groups is 1. The number of ether oxygens (including phenoxy) is 1. The smallest absolute Gasteiger partial charge is 0.415 e. The van der Waals surface area contributed by atoms with Crippen LogP contribution in [0, 0.1) is 0 Å². The molecule has 2 unspecified atom stereocenters. The Bertz CT molecular complexity index is 257. The van der Waals surface area contributed by atoms with Crippen molar-refractivity contribution in [3.05, 3.63) is 0 Å². The molecule has 0 aromatic heterocycles. The van der Waals surface area contributed by atoms with Crippen LogP contribution in [0.1, 0.15) is 12.8 Å². The zero-order chi connectivity index (χ0) is 12.3. The first-order valence-electron chi connectivity index (χ1n) is 4.92. The van der Waals surface area contributed by atoms with Crippen LogP contribution < -0.4 is 0 Å². The van der Waals surface area contributed by atoms with Crippen LogP contribution in [0.15, 0.2) is 0 Å². The number of esters is 1. The summed E-state index contributed by atoms with van der Waals surface area (Å²) < 4.78 is 41.3. The summed E-state index contributed by atoms with van der Waals surface area (Å²) in [6, 6.07) is -1.04. The molecule has 1 N–H and O–H groups in total. The Kier molecular flexibility index (Phi) is 4.15. The van der Waals surface area contributed by atoms with E-state index in [1.165, 1.54) is 12.0 Å². The fraction of sp³-hybridized carbons (Fsp3) is 0.889. The van der Waals surface area contributed by atoms with Crippen LogP contribution in [0.25, 0.3) is 0 Å². The first-order chi connectivity index (χ1) is 7.36. The van der Waals surface area contributed by atoms with Gasteiger partial charge in [-0.3, -0.25) is 9.69 Å². The first-order valence-corrected chi connectivity index (χ1v) is 4.92. The zero-order valence-electron chi connectivity index (χ0n) is 8.83. The number of methoxy groups -OCH3 is 1. The molecular formula is C9H14F3NO3. The molecule has 4 nitrogen and oxygen atoms in total. The Balaban J connectivity index is 2.62. The predicted octanol–water partition coefficient (Wildman–Crippen LogP) is 0.547. The minimum absolute atomic E-state index is 0.214. The maximum absolute atomic E-state index is 12.3. The third-order valence-electron chi connectivity index (χ3n) is 2.67. The van der Waals surface area contributed by atoms with Gasteiger partial charge in [-0.15, -0.1) is 0 Å². The fourth-order valence-electron chi connectivity index (χ4n) is 1.85. The summed E-state index contributed by atoms with van der Waals surface area (Å²) in [6.07, 6.45) is -6.28. The van der Waals surface area contributed by atoms with Gasteiger partial charge in [0.2, 0.25) is 0 Å². The molecule has 0 aromatic rings. The Morgan fingerprint density at radius 1 is 1.62 bits per heavy atom. The number of hydrogen-bond acceptors (Lipinski definition) is 4. The van der Waals surface area contributed by atoms with E-state index in [0.29, 0.717) is 13.0 Å². The second kappa shape index (κ2) is 5.01. The zero-order valence-corrected chi connectivity index (χ0v) is 8.83. The molecule has 1 aliphatic heterocycles. The third-order valence-corrected chi connectivity index (χ3v) is 2.67. The first kappa shape index (κ1) is 13.2. The molecule has 7 heteroatoms. The highest BCUT2D eigenvalue weighted by molar-refractivity contribution is 5.71. The molecule has 1 fully saturated rings. The molecule has 0 bridgehead atoms. The van der Waals surface area contributed by atoms with Gasteiger partial charge in [0.15, 0.2) is 6.10 Å². The Morgan fingerprint density at radius 3 is 2.75 bits per heavy atom. The van der Waals surface area contributed by atoms with Crippen molar-refractivity contribution in [3.63, 3.8) is 0 Å². The minimum Gasteiger partial charge on any atom is -0.468 e. The van der Waals surface area contributed by atoms with Crippen LogP contribution in [0.3, 0.4) is 0 Å². The van der Waals surface area contributed by atoms with Crippen LogP contribution >= 0.6 is 0 Å². The predicted molar refractivity (Wildman–Crippen MR) is 48.7 cm³/mol. The van der Waals surface area contributed by atoms with Gasteiger partial charge in [0, 0.05) is 6.04 Å². The normalized spacial score (nSPS) is 24.4. The van der Waals surface area contributed by atoms with E-state index < -0.39 is 24.3 Å². The lowest BCUT2D eigenvalue weighted by atomic mass is 10.1. The summed E-state index contributed by atoms with van der Waals surface area (Å²) >= 11 is 0. The lowest BCUT2D eigenvalue weighted by Crippen LogP contribution is -2.48. The van der Waals surface area contributed by atoms with E-state index in [2.05, 4.69) is 4.74 Å². The van der Waals surface area contributed by atoms with Gasteiger partial charge < -0.3 is 9.84 Å². The summed E-state index contributed by atoms with van der Waals surface area (Å²) in [5.41, 5.74) is 0. The van der Waals surface area contributed by atoms with Gasteiger partial charge in [-0.1, -0.05) is 0 Å². The highest BCUT2D eigenvalue weighted by Crippen LogP contribution is 2.30. The van der Waals surface area contributed by atoms with Gasteiger partial charge >= 0.3 is 12.1 Å². The standard InChI is InChI=1S/C9H14F3NO3/c1-16-7(14)5-13-4-2-3-6(13)8(15)9(10,11)12/h6,8,15H,2-5H2,1H3. The number of aliphatic hydroxyl groups is 1. The van der Waals surface area contributed by atoms with E-state index in [1.807, 2.05) is 0 Å². The molecule has 0 saturated carbocycles. The number of nitrogens with zero attached hydrogens (tertiary/aromatic N) is 1. The summed E-state index contributed by atoms with van der Waals surface area (Å²) in [5, 5.41) is 9.12. The van der Waals surface area contributed by atoms with Crippen molar-refractivity contribution in [1.29, 1.82) is 0 Å². The highest BCUT2D eigenvalue weighted by atomic mass is 19.4. The van der Waals surface area contributed by atoms with Gasteiger partial charge in [0.1, 0.15) is 0 Å². The van der Waals surface area contributed by atoms with Gasteiger partial charge in [-0.2, -0.15) is 13.2 Å². The van der Waals surface area contributed by atoms with Crippen LogP contribution in [0.4, 0.5) is 13.2 Å². The van der Waals surface area contributed by atoms with E-state index in [-0.39, 0.29) is 13.0 Å². The SMILES string of the molecule is COC(=O)CN1CCCC1C(O)C(F)(F)F. The van der Waals surface area contributed by atoms with Gasteiger partial charge in [0.25, 0.3) is 0 Å². The average molecular weight is 241 g/mol. The van der Waals surface area contributed by atoms with Gasteiger partial charge in [-0.05, 0) is 19.4 Å². The molecule has 1 aliphatic rings. The molecule has 0 radical (unpaired) electrons. The number of likely N-dealkylation sites (tertiary alicyclic amines) is 1. The Hall–Kier alpha value is -0.820. The molecule has 0 amide bonds.